The van der Waals surface area contributed by atoms with E-state index in [1.807, 2.05) is 12.1 Å². The van der Waals surface area contributed by atoms with Crippen molar-refractivity contribution in [3.05, 3.63) is 34.9 Å². The molecule has 1 heterocycles. The molecule has 0 aromatic heterocycles. The van der Waals surface area contributed by atoms with Gasteiger partial charge in [0.2, 0.25) is 0 Å². The van der Waals surface area contributed by atoms with E-state index >= 15 is 0 Å². The van der Waals surface area contributed by atoms with E-state index in [1.165, 1.54) is 0 Å². The summed E-state index contributed by atoms with van der Waals surface area (Å²) in [5.74, 6) is -0.790. The summed E-state index contributed by atoms with van der Waals surface area (Å²) in [7, 11) is 0. The maximum absolute atomic E-state index is 11.5. The highest BCUT2D eigenvalue weighted by Crippen LogP contribution is 2.26. The monoisotopic (exact) mass is 265 g/mol. The lowest BCUT2D eigenvalue weighted by molar-refractivity contribution is -0.159. The molecule has 0 bridgehead atoms. The van der Waals surface area contributed by atoms with Gasteiger partial charge in [0, 0.05) is 6.54 Å². The molecule has 3 N–H and O–H groups in total. The van der Waals surface area contributed by atoms with Gasteiger partial charge >= 0.3 is 5.97 Å². The predicted octanol–water partition coefficient (Wildman–Crippen LogP) is 0.290. The molecule has 2 unspecified atom stereocenters. The summed E-state index contributed by atoms with van der Waals surface area (Å²) in [6.45, 7) is 3.41. The van der Waals surface area contributed by atoms with Gasteiger partial charge in [-0.1, -0.05) is 18.2 Å². The Bertz CT molecular complexity index is 461. The Morgan fingerprint density at radius 3 is 3.00 bits per heavy atom. The van der Waals surface area contributed by atoms with Crippen LogP contribution in [-0.2, 0) is 22.5 Å². The minimum Gasteiger partial charge on any atom is -0.464 e. The second-order valence-electron chi connectivity index (χ2n) is 4.55. The highest BCUT2D eigenvalue weighted by molar-refractivity contribution is 5.75. The number of hydrogen-bond acceptors (Lipinski definition) is 5. The number of ether oxygens (including phenoxy) is 1. The third kappa shape index (κ3) is 2.94. The third-order valence-electron chi connectivity index (χ3n) is 3.32. The Kier molecular flexibility index (Phi) is 4.52. The summed E-state index contributed by atoms with van der Waals surface area (Å²) in [5.41, 5.74) is 2.72. The second-order valence-corrected chi connectivity index (χ2v) is 4.55. The van der Waals surface area contributed by atoms with Crippen molar-refractivity contribution in [2.45, 2.75) is 32.1 Å². The molecule has 0 saturated heterocycles. The largest absolute Gasteiger partial charge is 0.464 e. The number of carbonyl (C=O) groups excluding carboxylic acids is 1. The number of fused-ring (bicyclic) bond motifs is 1. The SMILES string of the molecule is CCOC(=O)C(O)C(O)c1cccc2c1CCNC2. The van der Waals surface area contributed by atoms with Gasteiger partial charge < -0.3 is 20.3 Å². The van der Waals surface area contributed by atoms with Crippen LogP contribution in [0.1, 0.15) is 29.7 Å². The van der Waals surface area contributed by atoms with Crippen LogP contribution in [0, 0.1) is 0 Å². The number of aliphatic hydroxyl groups excluding tert-OH is 2. The number of carbonyl (C=O) groups is 1. The normalized spacial score (nSPS) is 17.4. The fourth-order valence-electron chi connectivity index (χ4n) is 2.37. The Balaban J connectivity index is 2.23. The van der Waals surface area contributed by atoms with Crippen molar-refractivity contribution in [3.63, 3.8) is 0 Å². The van der Waals surface area contributed by atoms with Gasteiger partial charge in [-0.2, -0.15) is 0 Å². The fourth-order valence-corrected chi connectivity index (χ4v) is 2.37. The number of hydrogen-bond donors (Lipinski definition) is 3. The number of aliphatic hydroxyl groups is 2. The van der Waals surface area contributed by atoms with Gasteiger partial charge in [-0.25, -0.2) is 4.79 Å². The van der Waals surface area contributed by atoms with E-state index in [4.69, 9.17) is 4.74 Å². The number of benzene rings is 1. The molecule has 1 aliphatic rings. The Labute approximate surface area is 112 Å². The Hall–Kier alpha value is -1.43. The zero-order valence-corrected chi connectivity index (χ0v) is 10.9. The van der Waals surface area contributed by atoms with Crippen molar-refractivity contribution in [2.24, 2.45) is 0 Å². The van der Waals surface area contributed by atoms with E-state index in [9.17, 15) is 15.0 Å². The van der Waals surface area contributed by atoms with Gasteiger partial charge in [-0.05, 0) is 36.6 Å². The maximum Gasteiger partial charge on any atom is 0.338 e. The molecule has 0 fully saturated rings. The highest BCUT2D eigenvalue weighted by Gasteiger charge is 2.29. The minimum absolute atomic E-state index is 0.180. The van der Waals surface area contributed by atoms with Gasteiger partial charge in [0.05, 0.1) is 6.61 Å². The van der Waals surface area contributed by atoms with Crippen LogP contribution in [0.3, 0.4) is 0 Å². The molecule has 2 atom stereocenters. The molecule has 5 nitrogen and oxygen atoms in total. The summed E-state index contributed by atoms with van der Waals surface area (Å²) < 4.78 is 4.73. The Morgan fingerprint density at radius 2 is 2.26 bits per heavy atom. The molecular weight excluding hydrogens is 246 g/mol. The van der Waals surface area contributed by atoms with Gasteiger partial charge in [-0.3, -0.25) is 0 Å². The molecule has 1 aromatic carbocycles. The smallest absolute Gasteiger partial charge is 0.338 e. The van der Waals surface area contributed by atoms with Crippen molar-refractivity contribution in [1.29, 1.82) is 0 Å². The quantitative estimate of drug-likeness (QED) is 0.682. The van der Waals surface area contributed by atoms with Crippen molar-refractivity contribution < 1.29 is 19.7 Å². The predicted molar refractivity (Wildman–Crippen MR) is 69.5 cm³/mol. The lowest BCUT2D eigenvalue weighted by Crippen LogP contribution is -2.32. The minimum atomic E-state index is -1.54. The molecule has 104 valence electrons. The first-order valence-electron chi connectivity index (χ1n) is 6.49. The van der Waals surface area contributed by atoms with Crippen molar-refractivity contribution in [2.75, 3.05) is 13.2 Å². The molecule has 2 rings (SSSR count). The fraction of sp³-hybridized carbons (Fsp3) is 0.500. The van der Waals surface area contributed by atoms with E-state index in [0.717, 1.165) is 30.6 Å². The third-order valence-corrected chi connectivity index (χ3v) is 3.32. The van der Waals surface area contributed by atoms with Crippen LogP contribution in [0.2, 0.25) is 0 Å². The van der Waals surface area contributed by atoms with Gasteiger partial charge in [-0.15, -0.1) is 0 Å². The van der Waals surface area contributed by atoms with Crippen LogP contribution >= 0.6 is 0 Å². The van der Waals surface area contributed by atoms with Crippen LogP contribution in [0.15, 0.2) is 18.2 Å². The van der Waals surface area contributed by atoms with Crippen molar-refractivity contribution >= 4 is 5.97 Å². The molecule has 0 aliphatic carbocycles. The second kappa shape index (κ2) is 6.14. The average molecular weight is 265 g/mol. The van der Waals surface area contributed by atoms with Gasteiger partial charge in [0.15, 0.2) is 6.10 Å². The topological polar surface area (TPSA) is 78.8 Å². The molecular formula is C14H19NO4. The molecule has 1 aromatic rings. The molecule has 5 heteroatoms. The first kappa shape index (κ1) is 14.0. The van der Waals surface area contributed by atoms with E-state index in [1.54, 1.807) is 13.0 Å². The zero-order chi connectivity index (χ0) is 13.8. The van der Waals surface area contributed by atoms with Gasteiger partial charge in [0.1, 0.15) is 6.10 Å². The molecule has 19 heavy (non-hydrogen) atoms. The van der Waals surface area contributed by atoms with E-state index in [0.29, 0.717) is 5.56 Å². The van der Waals surface area contributed by atoms with Crippen LogP contribution in [0.25, 0.3) is 0 Å². The molecule has 1 aliphatic heterocycles. The van der Waals surface area contributed by atoms with Gasteiger partial charge in [0.25, 0.3) is 0 Å². The summed E-state index contributed by atoms with van der Waals surface area (Å²) in [6, 6.07) is 5.55. The lowest BCUT2D eigenvalue weighted by atomic mass is 9.91. The molecule has 0 saturated carbocycles. The molecule has 0 spiro atoms. The average Bonchev–Trinajstić information content (AvgIpc) is 2.45. The van der Waals surface area contributed by atoms with Crippen molar-refractivity contribution in [1.82, 2.24) is 5.32 Å². The number of nitrogens with one attached hydrogen (secondary N) is 1. The molecule has 0 radical (unpaired) electrons. The molecule has 0 amide bonds. The van der Waals surface area contributed by atoms with Crippen LogP contribution in [0.5, 0.6) is 0 Å². The van der Waals surface area contributed by atoms with Crippen molar-refractivity contribution in [3.8, 4) is 0 Å². The maximum atomic E-state index is 11.5. The van der Waals surface area contributed by atoms with Crippen LogP contribution < -0.4 is 5.32 Å². The first-order chi connectivity index (χ1) is 9.15. The zero-order valence-electron chi connectivity index (χ0n) is 10.9. The number of esters is 1. The lowest BCUT2D eigenvalue weighted by Gasteiger charge is -2.24. The highest BCUT2D eigenvalue weighted by atomic mass is 16.5. The van der Waals surface area contributed by atoms with E-state index in [-0.39, 0.29) is 6.61 Å². The summed E-state index contributed by atoms with van der Waals surface area (Å²) in [6.07, 6.45) is -2.01. The Morgan fingerprint density at radius 1 is 1.47 bits per heavy atom. The van der Waals surface area contributed by atoms with Crippen LogP contribution in [0.4, 0.5) is 0 Å². The summed E-state index contributed by atoms with van der Waals surface area (Å²) in [4.78, 5) is 11.5. The number of rotatable bonds is 4. The van der Waals surface area contributed by atoms with E-state index in [2.05, 4.69) is 5.32 Å². The summed E-state index contributed by atoms with van der Waals surface area (Å²) >= 11 is 0. The first-order valence-corrected chi connectivity index (χ1v) is 6.49. The van der Waals surface area contributed by atoms with Crippen LogP contribution in [-0.4, -0.2) is 35.4 Å². The standard InChI is InChI=1S/C14H19NO4/c1-2-19-14(18)13(17)12(16)11-5-3-4-9-8-15-7-6-10(9)11/h3-5,12-13,15-17H,2,6-8H2,1H3. The summed E-state index contributed by atoms with van der Waals surface area (Å²) in [5, 5.41) is 23.2. The van der Waals surface area contributed by atoms with E-state index < -0.39 is 18.2 Å².